The molecule has 0 spiro atoms. The molecule has 0 aromatic heterocycles. The van der Waals surface area contributed by atoms with E-state index in [0.29, 0.717) is 12.8 Å². The molecule has 0 aromatic carbocycles. The van der Waals surface area contributed by atoms with E-state index in [2.05, 4.69) is 5.48 Å². The van der Waals surface area contributed by atoms with Crippen molar-refractivity contribution >= 4 is 5.97 Å². The second-order valence-electron chi connectivity index (χ2n) is 3.02. The van der Waals surface area contributed by atoms with Gasteiger partial charge >= 0.3 is 5.97 Å². The van der Waals surface area contributed by atoms with Gasteiger partial charge in [-0.1, -0.05) is 0 Å². The van der Waals surface area contributed by atoms with E-state index in [1.54, 1.807) is 0 Å². The summed E-state index contributed by atoms with van der Waals surface area (Å²) in [5.41, 5.74) is 2.17. The zero-order valence-electron chi connectivity index (χ0n) is 6.29. The minimum atomic E-state index is -0.707. The fourth-order valence-corrected chi connectivity index (χ4v) is 1.47. The third kappa shape index (κ3) is 2.17. The van der Waals surface area contributed by atoms with Gasteiger partial charge in [0.15, 0.2) is 0 Å². The van der Waals surface area contributed by atoms with Crippen molar-refractivity contribution in [1.29, 1.82) is 0 Å². The lowest BCUT2D eigenvalue weighted by Crippen LogP contribution is -2.32. The maximum absolute atomic E-state index is 10.5. The van der Waals surface area contributed by atoms with Crippen LogP contribution in [0.3, 0.4) is 0 Å². The molecule has 1 saturated carbocycles. The van der Waals surface area contributed by atoms with Gasteiger partial charge in [0.2, 0.25) is 0 Å². The monoisotopic (exact) mass is 159 g/mol. The zero-order chi connectivity index (χ0) is 8.27. The smallest absolute Gasteiger partial charge is 0.306 e. The average molecular weight is 159 g/mol. The van der Waals surface area contributed by atoms with Crippen molar-refractivity contribution in [2.24, 2.45) is 5.92 Å². The summed E-state index contributed by atoms with van der Waals surface area (Å²) < 4.78 is 0. The molecule has 0 bridgehead atoms. The van der Waals surface area contributed by atoms with Crippen molar-refractivity contribution in [2.75, 3.05) is 0 Å². The predicted molar refractivity (Wildman–Crippen MR) is 38.3 cm³/mol. The lowest BCUT2D eigenvalue weighted by molar-refractivity contribution is -0.143. The highest BCUT2D eigenvalue weighted by molar-refractivity contribution is 5.70. The Bertz CT molecular complexity index is 141. The number of hydrogen-bond acceptors (Lipinski definition) is 3. The average Bonchev–Trinajstić information content (AvgIpc) is 2.05. The molecule has 0 heterocycles. The van der Waals surface area contributed by atoms with Crippen molar-refractivity contribution < 1.29 is 15.1 Å². The van der Waals surface area contributed by atoms with Crippen LogP contribution in [-0.2, 0) is 4.79 Å². The predicted octanol–water partition coefficient (Wildman–Crippen LogP) is 0.609. The summed E-state index contributed by atoms with van der Waals surface area (Å²) in [5.74, 6) is -0.902. The number of rotatable bonds is 2. The van der Waals surface area contributed by atoms with E-state index in [4.69, 9.17) is 10.3 Å². The van der Waals surface area contributed by atoms with Gasteiger partial charge in [-0.05, 0) is 25.7 Å². The highest BCUT2D eigenvalue weighted by Gasteiger charge is 2.25. The van der Waals surface area contributed by atoms with Crippen LogP contribution in [0.5, 0.6) is 0 Å². The van der Waals surface area contributed by atoms with Crippen LogP contribution >= 0.6 is 0 Å². The Kier molecular flexibility index (Phi) is 2.84. The van der Waals surface area contributed by atoms with E-state index in [-0.39, 0.29) is 12.0 Å². The number of carboxylic acids is 1. The molecule has 0 aliphatic heterocycles. The van der Waals surface area contributed by atoms with Crippen LogP contribution in [0.1, 0.15) is 25.7 Å². The molecule has 0 unspecified atom stereocenters. The van der Waals surface area contributed by atoms with E-state index in [1.807, 2.05) is 0 Å². The van der Waals surface area contributed by atoms with Gasteiger partial charge in [0.25, 0.3) is 0 Å². The molecule has 3 N–H and O–H groups in total. The second kappa shape index (κ2) is 3.69. The molecule has 0 radical (unpaired) electrons. The molecule has 4 nitrogen and oxygen atoms in total. The Balaban J connectivity index is 2.30. The summed E-state index contributed by atoms with van der Waals surface area (Å²) >= 11 is 0. The van der Waals surface area contributed by atoms with Gasteiger partial charge in [0.05, 0.1) is 5.92 Å². The van der Waals surface area contributed by atoms with Gasteiger partial charge in [-0.25, -0.2) is 5.48 Å². The molecule has 11 heavy (non-hydrogen) atoms. The van der Waals surface area contributed by atoms with E-state index < -0.39 is 5.97 Å². The summed E-state index contributed by atoms with van der Waals surface area (Å²) in [6, 6.07) is 0.102. The van der Waals surface area contributed by atoms with Crippen molar-refractivity contribution in [3.05, 3.63) is 0 Å². The normalized spacial score (nSPS) is 31.7. The van der Waals surface area contributed by atoms with Crippen molar-refractivity contribution in [3.63, 3.8) is 0 Å². The van der Waals surface area contributed by atoms with Crippen molar-refractivity contribution in [2.45, 2.75) is 31.7 Å². The Morgan fingerprint density at radius 2 is 1.82 bits per heavy atom. The lowest BCUT2D eigenvalue weighted by Gasteiger charge is -2.24. The van der Waals surface area contributed by atoms with Crippen LogP contribution in [0.2, 0.25) is 0 Å². The molecule has 1 rings (SSSR count). The Labute approximate surface area is 65.2 Å². The summed E-state index contributed by atoms with van der Waals surface area (Å²) in [4.78, 5) is 10.5. The van der Waals surface area contributed by atoms with Gasteiger partial charge < -0.3 is 10.3 Å². The van der Waals surface area contributed by atoms with Gasteiger partial charge in [0, 0.05) is 6.04 Å². The fraction of sp³-hybridized carbons (Fsp3) is 0.857. The molecular formula is C7H13NO3. The van der Waals surface area contributed by atoms with Gasteiger partial charge in [-0.2, -0.15) is 0 Å². The molecule has 0 atom stereocenters. The number of nitrogens with one attached hydrogen (secondary N) is 1. The molecule has 1 aliphatic rings. The van der Waals surface area contributed by atoms with E-state index in [9.17, 15) is 4.79 Å². The lowest BCUT2D eigenvalue weighted by atomic mass is 9.86. The first kappa shape index (κ1) is 8.49. The third-order valence-electron chi connectivity index (χ3n) is 2.26. The number of hydroxylamine groups is 1. The molecule has 4 heteroatoms. The van der Waals surface area contributed by atoms with Crippen LogP contribution < -0.4 is 5.48 Å². The molecule has 0 amide bonds. The fourth-order valence-electron chi connectivity index (χ4n) is 1.47. The zero-order valence-corrected chi connectivity index (χ0v) is 6.29. The largest absolute Gasteiger partial charge is 0.481 e. The minimum Gasteiger partial charge on any atom is -0.481 e. The first-order valence-electron chi connectivity index (χ1n) is 3.86. The van der Waals surface area contributed by atoms with E-state index in [0.717, 1.165) is 12.8 Å². The van der Waals surface area contributed by atoms with Crippen LogP contribution in [0.4, 0.5) is 0 Å². The summed E-state index contributed by atoms with van der Waals surface area (Å²) in [6.45, 7) is 0. The van der Waals surface area contributed by atoms with Gasteiger partial charge in [-0.15, -0.1) is 0 Å². The number of hydrogen-bond donors (Lipinski definition) is 3. The number of carbonyl (C=O) groups is 1. The summed E-state index contributed by atoms with van der Waals surface area (Å²) in [6.07, 6.45) is 2.86. The van der Waals surface area contributed by atoms with E-state index >= 15 is 0 Å². The minimum absolute atomic E-state index is 0.102. The van der Waals surface area contributed by atoms with Gasteiger partial charge in [0.1, 0.15) is 0 Å². The van der Waals surface area contributed by atoms with E-state index in [1.165, 1.54) is 0 Å². The van der Waals surface area contributed by atoms with Crippen LogP contribution in [0.25, 0.3) is 0 Å². The number of carboxylic acid groups (broad SMARTS) is 1. The molecule has 1 fully saturated rings. The van der Waals surface area contributed by atoms with Crippen molar-refractivity contribution in [1.82, 2.24) is 5.48 Å². The van der Waals surface area contributed by atoms with Gasteiger partial charge in [-0.3, -0.25) is 4.79 Å². The maximum Gasteiger partial charge on any atom is 0.306 e. The topological polar surface area (TPSA) is 69.6 Å². The Morgan fingerprint density at radius 1 is 1.27 bits per heavy atom. The van der Waals surface area contributed by atoms with Crippen LogP contribution in [0, 0.1) is 5.92 Å². The molecule has 0 aromatic rings. The molecule has 0 saturated heterocycles. The van der Waals surface area contributed by atoms with Crippen LogP contribution in [-0.4, -0.2) is 22.3 Å². The van der Waals surface area contributed by atoms with Crippen molar-refractivity contribution in [3.8, 4) is 0 Å². The Morgan fingerprint density at radius 3 is 2.18 bits per heavy atom. The third-order valence-corrected chi connectivity index (χ3v) is 2.26. The molecule has 64 valence electrons. The molecular weight excluding hydrogens is 146 g/mol. The first-order chi connectivity index (χ1) is 5.24. The molecule has 1 aliphatic carbocycles. The number of aliphatic carboxylic acids is 1. The highest BCUT2D eigenvalue weighted by Crippen LogP contribution is 2.23. The summed E-state index contributed by atoms with van der Waals surface area (Å²) in [5, 5.41) is 17.1. The Hall–Kier alpha value is -0.610. The maximum atomic E-state index is 10.5. The quantitative estimate of drug-likeness (QED) is 0.516. The second-order valence-corrected chi connectivity index (χ2v) is 3.02. The van der Waals surface area contributed by atoms with Crippen LogP contribution in [0.15, 0.2) is 0 Å². The SMILES string of the molecule is O=C(O)C1CCC(NO)CC1. The highest BCUT2D eigenvalue weighted by atomic mass is 16.5. The standard InChI is InChI=1S/C7H13NO3/c9-7(10)5-1-3-6(8-11)4-2-5/h5-6,8,11H,1-4H2,(H,9,10). The first-order valence-corrected chi connectivity index (χ1v) is 3.86. The summed E-state index contributed by atoms with van der Waals surface area (Å²) in [7, 11) is 0.